The number of hydrogen-bond acceptors (Lipinski definition) is 8. The van der Waals surface area contributed by atoms with Gasteiger partial charge in [0.25, 0.3) is 5.91 Å². The number of benzene rings is 4. The van der Waals surface area contributed by atoms with Gasteiger partial charge in [-0.25, -0.2) is 10.4 Å². The zero-order valence-corrected chi connectivity index (χ0v) is 23.6. The van der Waals surface area contributed by atoms with Crippen molar-refractivity contribution in [2.75, 3.05) is 6.61 Å². The van der Waals surface area contributed by atoms with Crippen molar-refractivity contribution in [1.29, 1.82) is 0 Å². The van der Waals surface area contributed by atoms with Crippen LogP contribution in [0, 0.1) is 0 Å². The van der Waals surface area contributed by atoms with Crippen LogP contribution in [0.3, 0.4) is 0 Å². The van der Waals surface area contributed by atoms with E-state index in [0.717, 1.165) is 27.4 Å². The van der Waals surface area contributed by atoms with Gasteiger partial charge in [-0.1, -0.05) is 60.7 Å². The first-order valence-electron chi connectivity index (χ1n) is 13.4. The Hall–Kier alpha value is -5.54. The minimum Gasteiger partial charge on any atom is -0.487 e. The molecule has 1 N–H and O–H groups in total. The van der Waals surface area contributed by atoms with E-state index in [4.69, 9.17) is 13.9 Å². The van der Waals surface area contributed by atoms with Gasteiger partial charge in [0.1, 0.15) is 34.5 Å². The molecular formula is C34H25N3O5S. The monoisotopic (exact) mass is 587 g/mol. The topological polar surface area (TPSA) is 103 Å². The average Bonchev–Trinajstić information content (AvgIpc) is 3.53. The van der Waals surface area contributed by atoms with Gasteiger partial charge in [-0.05, 0) is 42.0 Å². The third-order valence-electron chi connectivity index (χ3n) is 6.37. The summed E-state index contributed by atoms with van der Waals surface area (Å²) in [4.78, 5) is 29.5. The maximum absolute atomic E-state index is 12.6. The number of amides is 1. The molecule has 0 unspecified atom stereocenters. The molecular weight excluding hydrogens is 562 g/mol. The maximum Gasteiger partial charge on any atom is 0.277 e. The predicted octanol–water partition coefficient (Wildman–Crippen LogP) is 6.69. The van der Waals surface area contributed by atoms with Crippen molar-refractivity contribution in [2.24, 2.45) is 5.10 Å². The molecule has 2 aromatic heterocycles. The lowest BCUT2D eigenvalue weighted by atomic mass is 10.1. The highest BCUT2D eigenvalue weighted by molar-refractivity contribution is 7.13. The summed E-state index contributed by atoms with van der Waals surface area (Å²) in [6, 6.07) is 33.0. The zero-order chi connectivity index (χ0) is 29.4. The first kappa shape index (κ1) is 27.6. The van der Waals surface area contributed by atoms with Crippen LogP contribution in [0.1, 0.15) is 11.3 Å². The molecule has 43 heavy (non-hydrogen) atoms. The number of rotatable bonds is 10. The van der Waals surface area contributed by atoms with Gasteiger partial charge in [0.2, 0.25) is 0 Å². The molecule has 8 nitrogen and oxygen atoms in total. The smallest absolute Gasteiger partial charge is 0.277 e. The van der Waals surface area contributed by atoms with E-state index in [1.54, 1.807) is 29.5 Å². The molecule has 0 aliphatic heterocycles. The Morgan fingerprint density at radius 2 is 1.58 bits per heavy atom. The van der Waals surface area contributed by atoms with E-state index in [-0.39, 0.29) is 12.0 Å². The largest absolute Gasteiger partial charge is 0.487 e. The number of nitrogens with one attached hydrogen (secondary N) is 1. The second-order valence-electron chi connectivity index (χ2n) is 9.45. The number of hydrazone groups is 1. The van der Waals surface area contributed by atoms with Crippen LogP contribution in [0.2, 0.25) is 0 Å². The third-order valence-corrected chi connectivity index (χ3v) is 7.31. The van der Waals surface area contributed by atoms with Crippen LogP contribution in [0.5, 0.6) is 11.5 Å². The molecule has 6 aromatic rings. The molecule has 4 aromatic carbocycles. The number of ether oxygens (including phenoxy) is 2. The van der Waals surface area contributed by atoms with E-state index in [2.05, 4.69) is 15.5 Å². The Morgan fingerprint density at radius 1 is 0.860 bits per heavy atom. The molecule has 0 spiro atoms. The molecule has 2 heterocycles. The minimum atomic E-state index is -0.436. The van der Waals surface area contributed by atoms with Gasteiger partial charge in [0.05, 0.1) is 17.3 Å². The van der Waals surface area contributed by atoms with E-state index in [1.807, 2.05) is 90.3 Å². The Labute approximate surface area is 250 Å². The van der Waals surface area contributed by atoms with Crippen LogP contribution >= 0.6 is 11.3 Å². The van der Waals surface area contributed by atoms with Crippen molar-refractivity contribution >= 4 is 34.4 Å². The maximum atomic E-state index is 12.6. The second kappa shape index (κ2) is 13.0. The molecule has 0 bridgehead atoms. The van der Waals surface area contributed by atoms with Crippen LogP contribution in [0.15, 0.2) is 129 Å². The third kappa shape index (κ3) is 7.03. The summed E-state index contributed by atoms with van der Waals surface area (Å²) in [5.74, 6) is 1.11. The summed E-state index contributed by atoms with van der Waals surface area (Å²) in [5, 5.41) is 7.38. The van der Waals surface area contributed by atoms with Gasteiger partial charge in [-0.2, -0.15) is 5.10 Å². The zero-order valence-electron chi connectivity index (χ0n) is 22.8. The van der Waals surface area contributed by atoms with Crippen LogP contribution in [-0.2, 0) is 11.4 Å². The lowest BCUT2D eigenvalue weighted by Crippen LogP contribution is -2.24. The first-order valence-corrected chi connectivity index (χ1v) is 14.3. The quantitative estimate of drug-likeness (QED) is 0.141. The molecule has 0 saturated carbocycles. The predicted molar refractivity (Wildman–Crippen MR) is 167 cm³/mol. The number of fused-ring (bicyclic) bond motifs is 1. The van der Waals surface area contributed by atoms with E-state index in [1.165, 1.54) is 12.3 Å². The van der Waals surface area contributed by atoms with Crippen molar-refractivity contribution in [3.05, 3.63) is 136 Å². The molecule has 0 aliphatic carbocycles. The summed E-state index contributed by atoms with van der Waals surface area (Å²) in [7, 11) is 0. The van der Waals surface area contributed by atoms with E-state index in [0.29, 0.717) is 34.8 Å². The van der Waals surface area contributed by atoms with E-state index < -0.39 is 5.91 Å². The van der Waals surface area contributed by atoms with Crippen LogP contribution in [0.4, 0.5) is 0 Å². The highest BCUT2D eigenvalue weighted by Gasteiger charge is 2.10. The van der Waals surface area contributed by atoms with E-state index in [9.17, 15) is 9.59 Å². The fourth-order valence-electron chi connectivity index (χ4n) is 4.22. The van der Waals surface area contributed by atoms with Gasteiger partial charge in [0.15, 0.2) is 12.0 Å². The number of thiazole rings is 1. The highest BCUT2D eigenvalue weighted by atomic mass is 32.1. The van der Waals surface area contributed by atoms with Gasteiger partial charge in [-0.3, -0.25) is 9.59 Å². The number of carbonyl (C=O) groups is 1. The highest BCUT2D eigenvalue weighted by Crippen LogP contribution is 2.26. The summed E-state index contributed by atoms with van der Waals surface area (Å²) in [6.45, 7) is 0.102. The second-order valence-corrected chi connectivity index (χ2v) is 10.3. The minimum absolute atomic E-state index is 0.157. The van der Waals surface area contributed by atoms with Crippen LogP contribution in [0.25, 0.3) is 32.9 Å². The molecule has 212 valence electrons. The average molecular weight is 588 g/mol. The van der Waals surface area contributed by atoms with Crippen molar-refractivity contribution in [2.45, 2.75) is 6.61 Å². The van der Waals surface area contributed by atoms with Crippen molar-refractivity contribution in [3.8, 4) is 33.4 Å². The van der Waals surface area contributed by atoms with Gasteiger partial charge < -0.3 is 13.9 Å². The molecule has 0 aliphatic rings. The van der Waals surface area contributed by atoms with Gasteiger partial charge in [0, 0.05) is 28.6 Å². The summed E-state index contributed by atoms with van der Waals surface area (Å²) in [5.41, 5.74) is 6.19. The van der Waals surface area contributed by atoms with Crippen molar-refractivity contribution in [1.82, 2.24) is 10.4 Å². The summed E-state index contributed by atoms with van der Waals surface area (Å²) >= 11 is 1.59. The SMILES string of the molecule is O=C(COc1ccc2c(=O)cc(-c3ccccc3)oc2c1)N/N=C\c1ccc(OCc2csc(-c3ccccc3)n2)cc1. The van der Waals surface area contributed by atoms with Crippen LogP contribution in [-0.4, -0.2) is 23.7 Å². The molecule has 1 amide bonds. The normalized spacial score (nSPS) is 11.1. The lowest BCUT2D eigenvalue weighted by Gasteiger charge is -2.07. The van der Waals surface area contributed by atoms with Gasteiger partial charge >= 0.3 is 0 Å². The van der Waals surface area contributed by atoms with Crippen molar-refractivity contribution < 1.29 is 18.7 Å². The number of carbonyl (C=O) groups excluding carboxylic acids is 1. The molecule has 9 heteroatoms. The number of aromatic nitrogens is 1. The van der Waals surface area contributed by atoms with Crippen LogP contribution < -0.4 is 20.3 Å². The molecule has 6 rings (SSSR count). The number of hydrogen-bond donors (Lipinski definition) is 1. The van der Waals surface area contributed by atoms with Gasteiger partial charge in [-0.15, -0.1) is 11.3 Å². The fraction of sp³-hybridized carbons (Fsp3) is 0.0588. The van der Waals surface area contributed by atoms with E-state index >= 15 is 0 Å². The Kier molecular flexibility index (Phi) is 8.33. The lowest BCUT2D eigenvalue weighted by molar-refractivity contribution is -0.123. The van der Waals surface area contributed by atoms with Crippen molar-refractivity contribution in [3.63, 3.8) is 0 Å². The Morgan fingerprint density at radius 3 is 2.35 bits per heavy atom. The Bertz CT molecular complexity index is 1940. The summed E-state index contributed by atoms with van der Waals surface area (Å²) < 4.78 is 17.4. The molecule has 0 atom stereocenters. The molecule has 0 radical (unpaired) electrons. The fourth-order valence-corrected chi connectivity index (χ4v) is 5.03. The summed E-state index contributed by atoms with van der Waals surface area (Å²) in [6.07, 6.45) is 1.53. The molecule has 0 saturated heterocycles. The standard InChI is InChI=1S/C34H25N3O5S/c38-30-18-31(24-7-3-1-4-8-24)42-32-17-28(15-16-29(30)32)41-21-33(39)37-35-19-23-11-13-27(14-12-23)40-20-26-22-43-34(36-26)25-9-5-2-6-10-25/h1-19,22H,20-21H2,(H,37,39)/b35-19-. The molecule has 0 fully saturated rings. The Balaban J connectivity index is 0.987. The first-order chi connectivity index (χ1) is 21.1. The number of nitrogens with zero attached hydrogens (tertiary/aromatic N) is 2.